The third-order valence-corrected chi connectivity index (χ3v) is 7.10. The predicted octanol–water partition coefficient (Wildman–Crippen LogP) is 4.14. The lowest BCUT2D eigenvalue weighted by molar-refractivity contribution is -0.286. The van der Waals surface area contributed by atoms with E-state index in [0.29, 0.717) is 34.7 Å². The minimum atomic E-state index is -3.80. The van der Waals surface area contributed by atoms with Crippen LogP contribution >= 0.6 is 0 Å². The van der Waals surface area contributed by atoms with Crippen molar-refractivity contribution in [2.45, 2.75) is 37.2 Å². The number of ether oxygens (including phenoxy) is 5. The molecular formula is C27H22F2N2O8. The number of hydrogen-bond donors (Lipinski definition) is 2. The minimum Gasteiger partial charge on any atom is -0.497 e. The van der Waals surface area contributed by atoms with Crippen LogP contribution < -0.4 is 29.0 Å². The Morgan fingerprint density at radius 3 is 2.54 bits per heavy atom. The molecule has 12 heteroatoms. The molecule has 0 spiro atoms. The summed E-state index contributed by atoms with van der Waals surface area (Å²) in [5.41, 5.74) is 0.406. The van der Waals surface area contributed by atoms with Gasteiger partial charge in [-0.05, 0) is 37.3 Å². The molecular weight excluding hydrogens is 518 g/mol. The van der Waals surface area contributed by atoms with E-state index in [9.17, 15) is 23.5 Å². The summed E-state index contributed by atoms with van der Waals surface area (Å²) in [7, 11) is 1.52. The summed E-state index contributed by atoms with van der Waals surface area (Å²) in [6.07, 6.45) is -2.86. The first kappa shape index (κ1) is 24.7. The van der Waals surface area contributed by atoms with Crippen molar-refractivity contribution >= 4 is 11.9 Å². The van der Waals surface area contributed by atoms with Crippen LogP contribution in [0.15, 0.2) is 48.7 Å². The molecule has 3 aromatic rings. The van der Waals surface area contributed by atoms with Gasteiger partial charge in [-0.25, -0.2) is 4.79 Å². The lowest BCUT2D eigenvalue weighted by atomic mass is 9.82. The number of fused-ring (bicyclic) bond motifs is 3. The number of rotatable bonds is 5. The van der Waals surface area contributed by atoms with Crippen LogP contribution in [0.4, 0.5) is 8.78 Å². The van der Waals surface area contributed by atoms with Gasteiger partial charge in [-0.3, -0.25) is 9.78 Å². The second kappa shape index (κ2) is 8.72. The number of pyridine rings is 1. The van der Waals surface area contributed by atoms with Crippen LogP contribution in [0.3, 0.4) is 0 Å². The normalized spacial score (nSPS) is 23.6. The summed E-state index contributed by atoms with van der Waals surface area (Å²) in [5, 5.41) is 12.3. The Bertz CT molecular complexity index is 1500. The second-order valence-electron chi connectivity index (χ2n) is 9.63. The first-order valence-corrected chi connectivity index (χ1v) is 12.0. The van der Waals surface area contributed by atoms with Gasteiger partial charge in [0, 0.05) is 35.9 Å². The van der Waals surface area contributed by atoms with E-state index in [0.717, 1.165) is 0 Å². The van der Waals surface area contributed by atoms with E-state index >= 15 is 0 Å². The van der Waals surface area contributed by atoms with Crippen molar-refractivity contribution in [2.75, 3.05) is 13.7 Å². The number of alkyl halides is 2. The highest BCUT2D eigenvalue weighted by molar-refractivity contribution is 5.90. The summed E-state index contributed by atoms with van der Waals surface area (Å²) < 4.78 is 53.5. The van der Waals surface area contributed by atoms with Crippen molar-refractivity contribution in [1.29, 1.82) is 0 Å². The standard InChI is InChI=1S/C27H22F2N2O8/c1-26(12-36-20-10-23-22(8-16(20)26)38-27(28,29)39-23)25(34)31-18-9-21(17-6-3-13(11-30-17)24(32)33)37-19-7-14(35-2)4-5-15(18)19/h3-8,10-11,18,21H,9,12H2,1-2H3,(H,31,34)(H,32,33)/t18-,21-,26+/m1/s1. The number of nitrogens with zero attached hydrogens (tertiary/aromatic N) is 1. The Labute approximate surface area is 220 Å². The average Bonchev–Trinajstić information content (AvgIpc) is 3.41. The zero-order chi connectivity index (χ0) is 27.5. The molecule has 202 valence electrons. The van der Waals surface area contributed by atoms with Gasteiger partial charge in [0.25, 0.3) is 0 Å². The number of benzene rings is 2. The SMILES string of the molecule is COc1ccc2c(c1)O[C@@H](c1ccc(C(=O)O)cn1)C[C@H]2NC(=O)[C@@]1(C)COc2cc3c(cc21)OC(F)(F)O3. The monoisotopic (exact) mass is 540 g/mol. The summed E-state index contributed by atoms with van der Waals surface area (Å²) in [6.45, 7) is 1.64. The van der Waals surface area contributed by atoms with Crippen LogP contribution in [-0.2, 0) is 10.2 Å². The van der Waals surface area contributed by atoms with E-state index in [1.54, 1.807) is 31.2 Å². The van der Waals surface area contributed by atoms with E-state index < -0.39 is 35.7 Å². The Morgan fingerprint density at radius 2 is 1.85 bits per heavy atom. The third-order valence-electron chi connectivity index (χ3n) is 7.10. The molecule has 2 N–H and O–H groups in total. The smallest absolute Gasteiger partial charge is 0.497 e. The number of amides is 1. The molecule has 6 rings (SSSR count). The number of hydrogen-bond acceptors (Lipinski definition) is 8. The number of carbonyl (C=O) groups excluding carboxylic acids is 1. The maximum absolute atomic E-state index is 13.8. The number of carbonyl (C=O) groups is 2. The summed E-state index contributed by atoms with van der Waals surface area (Å²) in [6, 6.07) is 10.3. The number of nitrogens with one attached hydrogen (secondary N) is 1. The molecule has 4 heterocycles. The van der Waals surface area contributed by atoms with Crippen LogP contribution in [0.2, 0.25) is 0 Å². The summed E-state index contributed by atoms with van der Waals surface area (Å²) >= 11 is 0. The molecule has 3 aliphatic rings. The topological polar surface area (TPSA) is 125 Å². The van der Waals surface area contributed by atoms with E-state index in [-0.39, 0.29) is 29.4 Å². The number of halogens is 2. The van der Waals surface area contributed by atoms with E-state index in [1.165, 1.54) is 31.5 Å². The number of aromatic carboxylic acids is 1. The van der Waals surface area contributed by atoms with Crippen molar-refractivity contribution < 1.29 is 47.2 Å². The molecule has 0 radical (unpaired) electrons. The maximum atomic E-state index is 13.8. The van der Waals surface area contributed by atoms with Gasteiger partial charge in [0.2, 0.25) is 5.91 Å². The molecule has 0 fully saturated rings. The molecule has 0 saturated heterocycles. The molecule has 3 atom stereocenters. The van der Waals surface area contributed by atoms with Gasteiger partial charge in [0.05, 0.1) is 24.4 Å². The molecule has 0 saturated carbocycles. The fraction of sp³-hybridized carbons (Fsp3) is 0.296. The zero-order valence-corrected chi connectivity index (χ0v) is 20.7. The van der Waals surface area contributed by atoms with Crippen molar-refractivity contribution in [3.05, 3.63) is 71.0 Å². The second-order valence-corrected chi connectivity index (χ2v) is 9.63. The van der Waals surface area contributed by atoms with E-state index in [4.69, 9.17) is 14.2 Å². The van der Waals surface area contributed by atoms with Crippen LogP contribution in [0, 0.1) is 0 Å². The Balaban J connectivity index is 1.30. The van der Waals surface area contributed by atoms with Crippen LogP contribution in [0.5, 0.6) is 28.7 Å². The first-order chi connectivity index (χ1) is 18.6. The zero-order valence-electron chi connectivity index (χ0n) is 20.7. The first-order valence-electron chi connectivity index (χ1n) is 12.0. The van der Waals surface area contributed by atoms with Crippen LogP contribution in [0.25, 0.3) is 0 Å². The largest absolute Gasteiger partial charge is 0.586 e. The molecule has 39 heavy (non-hydrogen) atoms. The van der Waals surface area contributed by atoms with Crippen molar-refractivity contribution in [3.8, 4) is 28.7 Å². The molecule has 10 nitrogen and oxygen atoms in total. The predicted molar refractivity (Wildman–Crippen MR) is 129 cm³/mol. The fourth-order valence-electron chi connectivity index (χ4n) is 4.95. The molecule has 0 aliphatic carbocycles. The highest BCUT2D eigenvalue weighted by atomic mass is 19.3. The summed E-state index contributed by atoms with van der Waals surface area (Å²) in [5.74, 6) is -0.565. The Morgan fingerprint density at radius 1 is 1.08 bits per heavy atom. The fourth-order valence-corrected chi connectivity index (χ4v) is 4.95. The van der Waals surface area contributed by atoms with Crippen molar-refractivity contribution in [3.63, 3.8) is 0 Å². The van der Waals surface area contributed by atoms with Crippen LogP contribution in [0.1, 0.15) is 52.7 Å². The van der Waals surface area contributed by atoms with Gasteiger partial charge in [-0.2, -0.15) is 0 Å². The summed E-state index contributed by atoms with van der Waals surface area (Å²) in [4.78, 5) is 29.3. The van der Waals surface area contributed by atoms with E-state index in [2.05, 4.69) is 19.8 Å². The number of aromatic nitrogens is 1. The Kier molecular flexibility index (Phi) is 5.52. The minimum absolute atomic E-state index is 0.0201. The average molecular weight is 540 g/mol. The highest BCUT2D eigenvalue weighted by Gasteiger charge is 2.49. The molecule has 0 bridgehead atoms. The number of carboxylic acids is 1. The molecule has 1 amide bonds. The lowest BCUT2D eigenvalue weighted by Crippen LogP contribution is -2.46. The molecule has 1 aromatic heterocycles. The van der Waals surface area contributed by atoms with Gasteiger partial charge < -0.3 is 34.1 Å². The lowest BCUT2D eigenvalue weighted by Gasteiger charge is -2.34. The van der Waals surface area contributed by atoms with Gasteiger partial charge >= 0.3 is 12.3 Å². The highest BCUT2D eigenvalue weighted by Crippen LogP contribution is 2.50. The maximum Gasteiger partial charge on any atom is 0.586 e. The van der Waals surface area contributed by atoms with Crippen molar-refractivity contribution in [1.82, 2.24) is 10.3 Å². The molecule has 3 aliphatic heterocycles. The van der Waals surface area contributed by atoms with Gasteiger partial charge in [-0.15, -0.1) is 8.78 Å². The van der Waals surface area contributed by atoms with Crippen LogP contribution in [-0.4, -0.2) is 42.0 Å². The van der Waals surface area contributed by atoms with Gasteiger partial charge in [0.15, 0.2) is 11.5 Å². The number of carboxylic acid groups (broad SMARTS) is 1. The van der Waals surface area contributed by atoms with Crippen molar-refractivity contribution in [2.24, 2.45) is 0 Å². The third kappa shape index (κ3) is 4.21. The molecule has 0 unspecified atom stereocenters. The Hall–Kier alpha value is -4.61. The quantitative estimate of drug-likeness (QED) is 0.491. The van der Waals surface area contributed by atoms with E-state index in [1.807, 2.05) is 0 Å². The molecule has 2 aromatic carbocycles. The van der Waals surface area contributed by atoms with Gasteiger partial charge in [0.1, 0.15) is 35.4 Å². The number of methoxy groups -OCH3 is 1. The van der Waals surface area contributed by atoms with Gasteiger partial charge in [-0.1, -0.05) is 0 Å².